The van der Waals surface area contributed by atoms with E-state index in [1.54, 1.807) is 50.2 Å². The van der Waals surface area contributed by atoms with Gasteiger partial charge in [-0.1, -0.05) is 66.7 Å². The summed E-state index contributed by atoms with van der Waals surface area (Å²) in [6.45, 7) is 6.90. The molecule has 1 aliphatic rings. The fourth-order valence-electron chi connectivity index (χ4n) is 5.01. The minimum absolute atomic E-state index is 0.0707. The molecule has 5 rings (SSSR count). The molecule has 9 nitrogen and oxygen atoms in total. The van der Waals surface area contributed by atoms with Crippen LogP contribution in [0, 0.1) is 0 Å². The summed E-state index contributed by atoms with van der Waals surface area (Å²) < 4.78 is 17.2. The molecule has 43 heavy (non-hydrogen) atoms. The lowest BCUT2D eigenvalue weighted by Gasteiger charge is -2.37. The van der Waals surface area contributed by atoms with Crippen LogP contribution in [0.2, 0.25) is 0 Å². The number of hydrogen-bond acceptors (Lipinski definition) is 8. The first-order valence-corrected chi connectivity index (χ1v) is 14.4. The van der Waals surface area contributed by atoms with Gasteiger partial charge in [-0.2, -0.15) is 0 Å². The highest BCUT2D eigenvalue weighted by Gasteiger charge is 2.34. The maximum Gasteiger partial charge on any atom is 0.528 e. The number of piperidine rings is 1. The van der Waals surface area contributed by atoms with Crippen molar-refractivity contribution in [1.29, 1.82) is 0 Å². The summed E-state index contributed by atoms with van der Waals surface area (Å²) in [4.78, 5) is 34.1. The van der Waals surface area contributed by atoms with Gasteiger partial charge < -0.3 is 19.0 Å². The van der Waals surface area contributed by atoms with Gasteiger partial charge in [-0.3, -0.25) is 5.32 Å². The van der Waals surface area contributed by atoms with Gasteiger partial charge in [-0.05, 0) is 72.9 Å². The van der Waals surface area contributed by atoms with Gasteiger partial charge >= 0.3 is 12.2 Å². The van der Waals surface area contributed by atoms with Gasteiger partial charge in [0.2, 0.25) is 0 Å². The van der Waals surface area contributed by atoms with E-state index in [1.165, 1.54) is 5.39 Å². The van der Waals surface area contributed by atoms with Crippen LogP contribution in [0.15, 0.2) is 91.1 Å². The van der Waals surface area contributed by atoms with Gasteiger partial charge in [-0.25, -0.2) is 14.6 Å². The lowest BCUT2D eigenvalue weighted by Crippen LogP contribution is -2.45. The van der Waals surface area contributed by atoms with Gasteiger partial charge in [0.1, 0.15) is 18.0 Å². The highest BCUT2D eigenvalue weighted by atomic mass is 16.8. The summed E-state index contributed by atoms with van der Waals surface area (Å²) in [5.41, 5.74) is 2.38. The van der Waals surface area contributed by atoms with Crippen molar-refractivity contribution in [2.45, 2.75) is 58.0 Å². The lowest BCUT2D eigenvalue weighted by molar-refractivity contribution is -0.179. The second-order valence-corrected chi connectivity index (χ2v) is 11.5. The molecule has 0 spiro atoms. The Kier molecular flexibility index (Phi) is 9.54. The fraction of sp³-hybridized carbons (Fsp3) is 0.324. The molecule has 1 N–H and O–H groups in total. The van der Waals surface area contributed by atoms with Gasteiger partial charge in [-0.15, -0.1) is 5.06 Å². The Hall–Kier alpha value is -4.47. The maximum absolute atomic E-state index is 12.4. The van der Waals surface area contributed by atoms with Crippen LogP contribution in [0.5, 0.6) is 0 Å². The molecule has 2 heterocycles. The first-order valence-electron chi connectivity index (χ1n) is 14.4. The largest absolute Gasteiger partial charge is 0.528 e. The standard InChI is InChI=1S/C34H37N3O6/c1-34(2,3)42-33(39)43-37-19-17-29(30(21-37)40-23-25-13-14-26-8-4-5-9-28(26)20-25)27-15-11-24(12-16-27)22-41-32(38)36-31-10-6-7-18-35-31/h4-16,18,20,29-30H,17,19,21-23H2,1-3H3,(H,35,36,38). The maximum atomic E-state index is 12.4. The average molecular weight is 584 g/mol. The Balaban J connectivity index is 1.24. The van der Waals surface area contributed by atoms with Crippen molar-refractivity contribution in [2.75, 3.05) is 18.4 Å². The molecule has 1 aliphatic heterocycles. The highest BCUT2D eigenvalue weighted by Crippen LogP contribution is 2.32. The minimum atomic E-state index is -0.726. The number of benzene rings is 3. The van der Waals surface area contributed by atoms with Crippen molar-refractivity contribution < 1.29 is 28.6 Å². The highest BCUT2D eigenvalue weighted by molar-refractivity contribution is 5.83. The van der Waals surface area contributed by atoms with Crippen LogP contribution in [0.3, 0.4) is 0 Å². The molecule has 3 aromatic carbocycles. The normalized spacial score (nSPS) is 17.3. The smallest absolute Gasteiger partial charge is 0.444 e. The van der Waals surface area contributed by atoms with Crippen molar-refractivity contribution in [3.63, 3.8) is 0 Å². The molecule has 9 heteroatoms. The molecular formula is C34H37N3O6. The van der Waals surface area contributed by atoms with E-state index in [0.29, 0.717) is 31.9 Å². The van der Waals surface area contributed by atoms with Crippen molar-refractivity contribution in [3.05, 3.63) is 108 Å². The molecule has 1 aromatic heterocycles. The van der Waals surface area contributed by atoms with Gasteiger partial charge in [0.05, 0.1) is 19.3 Å². The van der Waals surface area contributed by atoms with E-state index in [9.17, 15) is 9.59 Å². The SMILES string of the molecule is CC(C)(C)OC(=O)ON1CCC(c2ccc(COC(=O)Nc3ccccn3)cc2)C(OCc2ccc3ccccc3c2)C1. The molecule has 2 atom stereocenters. The van der Waals surface area contributed by atoms with Crippen molar-refractivity contribution in [2.24, 2.45) is 0 Å². The molecule has 0 radical (unpaired) electrons. The Morgan fingerprint density at radius 2 is 1.65 bits per heavy atom. The molecule has 1 saturated heterocycles. The average Bonchev–Trinajstić information content (AvgIpc) is 2.99. The molecule has 4 aromatic rings. The number of aromatic nitrogens is 1. The predicted octanol–water partition coefficient (Wildman–Crippen LogP) is 7.22. The van der Waals surface area contributed by atoms with E-state index in [4.69, 9.17) is 19.0 Å². The fourth-order valence-corrected chi connectivity index (χ4v) is 5.01. The van der Waals surface area contributed by atoms with E-state index < -0.39 is 17.8 Å². The van der Waals surface area contributed by atoms with E-state index in [-0.39, 0.29) is 18.6 Å². The summed E-state index contributed by atoms with van der Waals surface area (Å²) in [5.74, 6) is 0.501. The minimum Gasteiger partial charge on any atom is -0.444 e. The number of nitrogens with one attached hydrogen (secondary N) is 1. The Labute approximate surface area is 251 Å². The van der Waals surface area contributed by atoms with E-state index in [2.05, 4.69) is 40.6 Å². The number of rotatable bonds is 8. The predicted molar refractivity (Wildman–Crippen MR) is 163 cm³/mol. The molecule has 0 saturated carbocycles. The van der Waals surface area contributed by atoms with Crippen LogP contribution in [-0.4, -0.2) is 47.1 Å². The van der Waals surface area contributed by atoms with Crippen molar-refractivity contribution in [3.8, 4) is 0 Å². The first-order chi connectivity index (χ1) is 20.7. The zero-order chi connectivity index (χ0) is 30.2. The number of hydrogen-bond donors (Lipinski definition) is 1. The summed E-state index contributed by atoms with van der Waals surface area (Å²) in [7, 11) is 0. The van der Waals surface area contributed by atoms with Crippen molar-refractivity contribution in [1.82, 2.24) is 10.0 Å². The zero-order valence-electron chi connectivity index (χ0n) is 24.7. The second kappa shape index (κ2) is 13.7. The number of fused-ring (bicyclic) bond motifs is 1. The first kappa shape index (κ1) is 30.0. The molecule has 224 valence electrons. The molecule has 1 amide bonds. The summed E-state index contributed by atoms with van der Waals surface area (Å²) in [6.07, 6.45) is 0.779. The number of amides is 1. The van der Waals surface area contributed by atoms with Crippen LogP contribution in [0.4, 0.5) is 15.4 Å². The Bertz CT molecular complexity index is 1520. The van der Waals surface area contributed by atoms with Gasteiger partial charge in [0.15, 0.2) is 0 Å². The summed E-state index contributed by atoms with van der Waals surface area (Å²) in [5, 5.41) is 6.57. The van der Waals surface area contributed by atoms with Crippen LogP contribution in [-0.2, 0) is 32.3 Å². The summed E-state index contributed by atoms with van der Waals surface area (Å²) in [6, 6.07) is 27.8. The lowest BCUT2D eigenvalue weighted by atomic mass is 9.87. The Morgan fingerprint density at radius 1 is 0.907 bits per heavy atom. The number of anilines is 1. The summed E-state index contributed by atoms with van der Waals surface area (Å²) >= 11 is 0. The van der Waals surface area contributed by atoms with Crippen LogP contribution in [0.1, 0.15) is 49.8 Å². The molecule has 0 bridgehead atoms. The second-order valence-electron chi connectivity index (χ2n) is 11.5. The molecule has 1 fully saturated rings. The van der Waals surface area contributed by atoms with E-state index in [1.807, 2.05) is 36.4 Å². The monoisotopic (exact) mass is 583 g/mol. The topological polar surface area (TPSA) is 99.2 Å². The van der Waals surface area contributed by atoms with E-state index in [0.717, 1.165) is 22.1 Å². The number of nitrogens with zero attached hydrogens (tertiary/aromatic N) is 2. The third-order valence-electron chi connectivity index (χ3n) is 7.07. The Morgan fingerprint density at radius 3 is 2.40 bits per heavy atom. The number of carbonyl (C=O) groups is 2. The number of carbonyl (C=O) groups excluding carboxylic acids is 2. The number of pyridine rings is 1. The molecule has 2 unspecified atom stereocenters. The van der Waals surface area contributed by atoms with Crippen LogP contribution >= 0.6 is 0 Å². The number of hydroxylamine groups is 2. The van der Waals surface area contributed by atoms with E-state index >= 15 is 0 Å². The van der Waals surface area contributed by atoms with Crippen LogP contribution < -0.4 is 5.32 Å². The molecular weight excluding hydrogens is 546 g/mol. The quantitative estimate of drug-likeness (QED) is 0.217. The molecule has 0 aliphatic carbocycles. The van der Waals surface area contributed by atoms with Gasteiger partial charge in [0, 0.05) is 18.7 Å². The van der Waals surface area contributed by atoms with Crippen LogP contribution in [0.25, 0.3) is 10.8 Å². The van der Waals surface area contributed by atoms with Crippen molar-refractivity contribution >= 4 is 28.8 Å². The third kappa shape index (κ3) is 8.76. The third-order valence-corrected chi connectivity index (χ3v) is 7.07. The zero-order valence-corrected chi connectivity index (χ0v) is 24.7. The number of ether oxygens (including phenoxy) is 3. The van der Waals surface area contributed by atoms with Gasteiger partial charge in [0.25, 0.3) is 0 Å².